The van der Waals surface area contributed by atoms with Gasteiger partial charge in [0.15, 0.2) is 5.16 Å². The van der Waals surface area contributed by atoms with Crippen LogP contribution in [0.4, 0.5) is 0 Å². The van der Waals surface area contributed by atoms with Crippen molar-refractivity contribution in [1.29, 1.82) is 0 Å². The number of nitrogens with zero attached hydrogens (tertiary/aromatic N) is 2. The second kappa shape index (κ2) is 5.58. The normalized spacial score (nSPS) is 10.8. The van der Waals surface area contributed by atoms with Gasteiger partial charge in [0.2, 0.25) is 0 Å². The summed E-state index contributed by atoms with van der Waals surface area (Å²) in [6.45, 7) is 2.18. The Balaban J connectivity index is 2.38. The smallest absolute Gasteiger partial charge is 0.172 e. The highest BCUT2D eigenvalue weighted by molar-refractivity contribution is 7.99. The van der Waals surface area contributed by atoms with Crippen LogP contribution in [0.1, 0.15) is 5.56 Å². The molecule has 17 heavy (non-hydrogen) atoms. The van der Waals surface area contributed by atoms with Crippen LogP contribution in [-0.2, 0) is 0 Å². The Morgan fingerprint density at radius 1 is 1.47 bits per heavy atom. The Bertz CT molecular complexity index is 513. The van der Waals surface area contributed by atoms with E-state index in [1.54, 1.807) is 6.20 Å². The minimum Gasteiger partial charge on any atom is -0.396 e. The number of aliphatic hydroxyl groups excluding tert-OH is 1. The number of hydrogen-bond donors (Lipinski definition) is 1. The van der Waals surface area contributed by atoms with Crippen LogP contribution in [0.15, 0.2) is 35.7 Å². The molecule has 0 bridgehead atoms. The van der Waals surface area contributed by atoms with Crippen LogP contribution in [0, 0.1) is 6.92 Å². The summed E-state index contributed by atoms with van der Waals surface area (Å²) in [5, 5.41) is 10.4. The lowest BCUT2D eigenvalue weighted by atomic mass is 10.2. The van der Waals surface area contributed by atoms with E-state index in [0.29, 0.717) is 10.8 Å². The van der Waals surface area contributed by atoms with Gasteiger partial charge in [-0.25, -0.2) is 4.98 Å². The number of benzene rings is 1. The van der Waals surface area contributed by atoms with E-state index in [4.69, 9.17) is 16.7 Å². The SMILES string of the molecule is Cc1ccc(Cl)cc1-n1ccnc1SCCO. The highest BCUT2D eigenvalue weighted by Gasteiger charge is 2.08. The molecular formula is C12H13ClN2OS. The first kappa shape index (κ1) is 12.5. The van der Waals surface area contributed by atoms with Gasteiger partial charge in [-0.05, 0) is 24.6 Å². The molecule has 0 fully saturated rings. The second-order valence-corrected chi connectivity index (χ2v) is 5.08. The van der Waals surface area contributed by atoms with Gasteiger partial charge in [-0.3, -0.25) is 4.57 Å². The Kier molecular flexibility index (Phi) is 4.10. The number of thioether (sulfide) groups is 1. The summed E-state index contributed by atoms with van der Waals surface area (Å²) >= 11 is 7.53. The van der Waals surface area contributed by atoms with Crippen LogP contribution in [0.3, 0.4) is 0 Å². The van der Waals surface area contributed by atoms with E-state index in [9.17, 15) is 0 Å². The average Bonchev–Trinajstić information content (AvgIpc) is 2.77. The maximum atomic E-state index is 8.85. The molecule has 0 saturated heterocycles. The van der Waals surface area contributed by atoms with Crippen molar-refractivity contribution in [3.05, 3.63) is 41.2 Å². The van der Waals surface area contributed by atoms with Crippen molar-refractivity contribution >= 4 is 23.4 Å². The van der Waals surface area contributed by atoms with E-state index in [2.05, 4.69) is 4.98 Å². The molecule has 1 aromatic heterocycles. The number of hydrogen-bond acceptors (Lipinski definition) is 3. The molecule has 1 aromatic carbocycles. The summed E-state index contributed by atoms with van der Waals surface area (Å²) in [6.07, 6.45) is 3.65. The zero-order valence-corrected chi connectivity index (χ0v) is 11.0. The predicted octanol–water partition coefficient (Wildman–Crippen LogP) is 2.92. The summed E-state index contributed by atoms with van der Waals surface area (Å²) in [4.78, 5) is 4.27. The summed E-state index contributed by atoms with van der Waals surface area (Å²) < 4.78 is 1.99. The lowest BCUT2D eigenvalue weighted by Crippen LogP contribution is -1.99. The monoisotopic (exact) mass is 268 g/mol. The molecular weight excluding hydrogens is 256 g/mol. The number of rotatable bonds is 4. The van der Waals surface area contributed by atoms with Crippen molar-refractivity contribution in [2.24, 2.45) is 0 Å². The molecule has 0 saturated carbocycles. The Hall–Kier alpha value is -0.970. The van der Waals surface area contributed by atoms with Crippen LogP contribution in [0.5, 0.6) is 0 Å². The highest BCUT2D eigenvalue weighted by Crippen LogP contribution is 2.24. The molecule has 0 aliphatic heterocycles. The van der Waals surface area contributed by atoms with Gasteiger partial charge < -0.3 is 5.11 Å². The third kappa shape index (κ3) is 2.83. The molecule has 0 aliphatic carbocycles. The fourth-order valence-electron chi connectivity index (χ4n) is 1.56. The molecule has 2 aromatic rings. The van der Waals surface area contributed by atoms with Gasteiger partial charge in [0.1, 0.15) is 0 Å². The van der Waals surface area contributed by atoms with E-state index >= 15 is 0 Å². The van der Waals surface area contributed by atoms with Crippen molar-refractivity contribution in [3.63, 3.8) is 0 Å². The molecule has 0 aliphatic rings. The van der Waals surface area contributed by atoms with Crippen molar-refractivity contribution in [3.8, 4) is 5.69 Å². The second-order valence-electron chi connectivity index (χ2n) is 3.58. The Morgan fingerprint density at radius 3 is 3.06 bits per heavy atom. The van der Waals surface area contributed by atoms with Crippen LogP contribution in [0.25, 0.3) is 5.69 Å². The maximum absolute atomic E-state index is 8.85. The third-order valence-electron chi connectivity index (χ3n) is 2.36. The molecule has 0 unspecified atom stereocenters. The van der Waals surface area contributed by atoms with Crippen molar-refractivity contribution in [2.75, 3.05) is 12.4 Å². The first-order valence-corrected chi connectivity index (χ1v) is 6.62. The van der Waals surface area contributed by atoms with E-state index in [1.807, 2.05) is 35.9 Å². The minimum atomic E-state index is 0.145. The molecule has 0 amide bonds. The topological polar surface area (TPSA) is 38.0 Å². The van der Waals surface area contributed by atoms with E-state index in [-0.39, 0.29) is 6.61 Å². The molecule has 0 atom stereocenters. The summed E-state index contributed by atoms with van der Waals surface area (Å²) in [5.74, 6) is 0.636. The number of aryl methyl sites for hydroxylation is 1. The minimum absolute atomic E-state index is 0.145. The van der Waals surface area contributed by atoms with Gasteiger partial charge in [-0.1, -0.05) is 29.4 Å². The maximum Gasteiger partial charge on any atom is 0.172 e. The highest BCUT2D eigenvalue weighted by atomic mass is 35.5. The third-order valence-corrected chi connectivity index (χ3v) is 3.54. The summed E-state index contributed by atoms with van der Waals surface area (Å²) in [5.41, 5.74) is 2.16. The fourth-order valence-corrected chi connectivity index (χ4v) is 2.43. The molecule has 0 radical (unpaired) electrons. The van der Waals surface area contributed by atoms with Crippen LogP contribution >= 0.6 is 23.4 Å². The van der Waals surface area contributed by atoms with Crippen LogP contribution in [-0.4, -0.2) is 27.0 Å². The number of aliphatic hydroxyl groups is 1. The summed E-state index contributed by atoms with van der Waals surface area (Å²) in [7, 11) is 0. The van der Waals surface area contributed by atoms with Gasteiger partial charge >= 0.3 is 0 Å². The zero-order chi connectivity index (χ0) is 12.3. The Labute approximate surface area is 109 Å². The first-order chi connectivity index (χ1) is 8.22. The number of halogens is 1. The van der Waals surface area contributed by atoms with E-state index in [1.165, 1.54) is 11.8 Å². The molecule has 5 heteroatoms. The van der Waals surface area contributed by atoms with Crippen molar-refractivity contribution in [2.45, 2.75) is 12.1 Å². The Morgan fingerprint density at radius 2 is 2.29 bits per heavy atom. The van der Waals surface area contributed by atoms with Crippen LogP contribution < -0.4 is 0 Å². The lowest BCUT2D eigenvalue weighted by molar-refractivity contribution is 0.322. The van der Waals surface area contributed by atoms with Gasteiger partial charge in [-0.2, -0.15) is 0 Å². The van der Waals surface area contributed by atoms with Gasteiger partial charge in [0.25, 0.3) is 0 Å². The van der Waals surface area contributed by atoms with Crippen LogP contribution in [0.2, 0.25) is 5.02 Å². The van der Waals surface area contributed by atoms with Gasteiger partial charge in [-0.15, -0.1) is 0 Å². The largest absolute Gasteiger partial charge is 0.396 e. The number of aromatic nitrogens is 2. The number of imidazole rings is 1. The van der Waals surface area contributed by atoms with Gasteiger partial charge in [0, 0.05) is 23.2 Å². The molecule has 0 spiro atoms. The van der Waals surface area contributed by atoms with Crippen molar-refractivity contribution < 1.29 is 5.11 Å². The molecule has 90 valence electrons. The van der Waals surface area contributed by atoms with E-state index < -0.39 is 0 Å². The van der Waals surface area contributed by atoms with Gasteiger partial charge in [0.05, 0.1) is 12.3 Å². The predicted molar refractivity (Wildman–Crippen MR) is 71.1 cm³/mol. The first-order valence-electron chi connectivity index (χ1n) is 5.26. The zero-order valence-electron chi connectivity index (χ0n) is 9.43. The standard InChI is InChI=1S/C12H13ClN2OS/c1-9-2-3-10(13)8-11(9)15-5-4-14-12(15)17-7-6-16/h2-5,8,16H,6-7H2,1H3. The fraction of sp³-hybridized carbons (Fsp3) is 0.250. The van der Waals surface area contributed by atoms with E-state index in [0.717, 1.165) is 16.4 Å². The molecule has 1 N–H and O–H groups in total. The molecule has 2 rings (SSSR count). The molecule has 3 nitrogen and oxygen atoms in total. The average molecular weight is 269 g/mol. The summed E-state index contributed by atoms with van der Waals surface area (Å²) in [6, 6.07) is 5.78. The quantitative estimate of drug-likeness (QED) is 0.867. The molecule has 1 heterocycles. The lowest BCUT2D eigenvalue weighted by Gasteiger charge is -2.10. The van der Waals surface area contributed by atoms with Crippen molar-refractivity contribution in [1.82, 2.24) is 9.55 Å².